The normalized spacial score (nSPS) is 24.1. The van der Waals surface area contributed by atoms with Gasteiger partial charge in [0.2, 0.25) is 0 Å². The molecular weight excluding hydrogens is 254 g/mol. The first-order valence-electron chi connectivity index (χ1n) is 5.92. The number of anilines is 1. The molecule has 2 atom stereocenters. The van der Waals surface area contributed by atoms with Gasteiger partial charge in [-0.25, -0.2) is 0 Å². The fourth-order valence-electron chi connectivity index (χ4n) is 2.46. The third-order valence-electron chi connectivity index (χ3n) is 3.17. The van der Waals surface area contributed by atoms with E-state index in [9.17, 15) is 10.1 Å². The number of nitro benzene ring substituents is 1. The van der Waals surface area contributed by atoms with Crippen molar-refractivity contribution in [2.24, 2.45) is 11.7 Å². The van der Waals surface area contributed by atoms with E-state index < -0.39 is 4.92 Å². The first kappa shape index (κ1) is 13.1. The zero-order valence-electron chi connectivity index (χ0n) is 10.2. The summed E-state index contributed by atoms with van der Waals surface area (Å²) in [4.78, 5) is 12.3. The highest BCUT2D eigenvalue weighted by Gasteiger charge is 2.24. The molecule has 0 aliphatic carbocycles. The third kappa shape index (κ3) is 2.73. The lowest BCUT2D eigenvalue weighted by molar-refractivity contribution is -0.384. The van der Waals surface area contributed by atoms with E-state index in [-0.39, 0.29) is 11.7 Å². The van der Waals surface area contributed by atoms with Gasteiger partial charge in [-0.1, -0.05) is 18.5 Å². The smallest absolute Gasteiger partial charge is 0.271 e. The first-order chi connectivity index (χ1) is 8.47. The molecule has 1 fully saturated rings. The highest BCUT2D eigenvalue weighted by molar-refractivity contribution is 6.33. The van der Waals surface area contributed by atoms with Gasteiger partial charge in [0.05, 0.1) is 15.6 Å². The molecule has 0 radical (unpaired) electrons. The average Bonchev–Trinajstić information content (AvgIpc) is 2.27. The van der Waals surface area contributed by atoms with Crippen molar-refractivity contribution >= 4 is 23.0 Å². The number of nitrogens with two attached hydrogens (primary N) is 1. The van der Waals surface area contributed by atoms with E-state index in [0.717, 1.165) is 25.2 Å². The zero-order chi connectivity index (χ0) is 13.3. The molecule has 0 spiro atoms. The predicted molar refractivity (Wildman–Crippen MR) is 72.1 cm³/mol. The lowest BCUT2D eigenvalue weighted by atomic mass is 9.96. The van der Waals surface area contributed by atoms with Crippen LogP contribution in [0.2, 0.25) is 5.02 Å². The molecule has 5 nitrogen and oxygen atoms in total. The van der Waals surface area contributed by atoms with Crippen LogP contribution in [-0.4, -0.2) is 24.1 Å². The molecule has 1 aromatic carbocycles. The van der Waals surface area contributed by atoms with Crippen LogP contribution in [0, 0.1) is 16.0 Å². The molecule has 1 aliphatic rings. The van der Waals surface area contributed by atoms with Crippen LogP contribution in [-0.2, 0) is 0 Å². The van der Waals surface area contributed by atoms with E-state index in [1.807, 2.05) is 0 Å². The standard InChI is InChI=1S/C12H16ClN3O2/c1-8-4-9(14)7-15(6-8)12-3-2-10(16(17)18)5-11(12)13/h2-3,5,8-9H,4,6-7,14H2,1H3. The van der Waals surface area contributed by atoms with Gasteiger partial charge in [0.25, 0.3) is 5.69 Å². The highest BCUT2D eigenvalue weighted by atomic mass is 35.5. The van der Waals surface area contributed by atoms with Gasteiger partial charge in [0, 0.05) is 31.3 Å². The largest absolute Gasteiger partial charge is 0.369 e. The molecule has 6 heteroatoms. The number of rotatable bonds is 2. The van der Waals surface area contributed by atoms with Crippen molar-refractivity contribution in [3.63, 3.8) is 0 Å². The average molecular weight is 270 g/mol. The van der Waals surface area contributed by atoms with E-state index in [4.69, 9.17) is 17.3 Å². The summed E-state index contributed by atoms with van der Waals surface area (Å²) >= 11 is 6.12. The lowest BCUT2D eigenvalue weighted by Gasteiger charge is -2.36. The van der Waals surface area contributed by atoms with Crippen molar-refractivity contribution in [2.75, 3.05) is 18.0 Å². The maximum Gasteiger partial charge on any atom is 0.271 e. The summed E-state index contributed by atoms with van der Waals surface area (Å²) in [5, 5.41) is 11.1. The molecule has 0 aromatic heterocycles. The molecule has 98 valence electrons. The van der Waals surface area contributed by atoms with Crippen molar-refractivity contribution in [1.82, 2.24) is 0 Å². The Morgan fingerprint density at radius 2 is 2.22 bits per heavy atom. The van der Waals surface area contributed by atoms with Crippen molar-refractivity contribution in [3.8, 4) is 0 Å². The monoisotopic (exact) mass is 269 g/mol. The van der Waals surface area contributed by atoms with Crippen LogP contribution in [0.4, 0.5) is 11.4 Å². The van der Waals surface area contributed by atoms with Gasteiger partial charge in [0.1, 0.15) is 0 Å². The number of hydrogen-bond acceptors (Lipinski definition) is 4. The molecule has 2 unspecified atom stereocenters. The molecule has 1 saturated heterocycles. The molecule has 2 rings (SSSR count). The molecule has 0 bridgehead atoms. The first-order valence-corrected chi connectivity index (χ1v) is 6.29. The number of non-ortho nitro benzene ring substituents is 1. The van der Waals surface area contributed by atoms with E-state index in [1.54, 1.807) is 6.07 Å². The van der Waals surface area contributed by atoms with Crippen molar-refractivity contribution < 1.29 is 4.92 Å². The summed E-state index contributed by atoms with van der Waals surface area (Å²) in [5.41, 5.74) is 6.82. The SMILES string of the molecule is CC1CC(N)CN(c2ccc([N+](=O)[O-])cc2Cl)C1. The minimum atomic E-state index is -0.444. The second-order valence-corrected chi connectivity index (χ2v) is 5.31. The lowest BCUT2D eigenvalue weighted by Crippen LogP contribution is -2.46. The van der Waals surface area contributed by atoms with E-state index >= 15 is 0 Å². The molecule has 0 amide bonds. The Morgan fingerprint density at radius 1 is 1.50 bits per heavy atom. The van der Waals surface area contributed by atoms with Gasteiger partial charge in [-0.05, 0) is 18.4 Å². The maximum absolute atomic E-state index is 10.7. The van der Waals surface area contributed by atoms with Crippen molar-refractivity contribution in [3.05, 3.63) is 33.3 Å². The molecule has 1 heterocycles. The van der Waals surface area contributed by atoms with Crippen LogP contribution in [0.5, 0.6) is 0 Å². The number of nitro groups is 1. The van der Waals surface area contributed by atoms with Gasteiger partial charge < -0.3 is 10.6 Å². The third-order valence-corrected chi connectivity index (χ3v) is 3.48. The Labute approximate surface area is 111 Å². The Bertz CT molecular complexity index is 457. The Hall–Kier alpha value is -1.33. The summed E-state index contributed by atoms with van der Waals surface area (Å²) in [6.45, 7) is 3.76. The van der Waals surface area contributed by atoms with Crippen LogP contribution >= 0.6 is 11.6 Å². The van der Waals surface area contributed by atoms with Gasteiger partial charge in [-0.15, -0.1) is 0 Å². The van der Waals surface area contributed by atoms with Gasteiger partial charge in [-0.3, -0.25) is 10.1 Å². The predicted octanol–water partition coefficient (Wildman–Crippen LogP) is 2.42. The summed E-state index contributed by atoms with van der Waals surface area (Å²) in [6, 6.07) is 4.69. The zero-order valence-corrected chi connectivity index (χ0v) is 10.9. The van der Waals surface area contributed by atoms with E-state index in [1.165, 1.54) is 12.1 Å². The minimum absolute atomic E-state index is 0.0121. The quantitative estimate of drug-likeness (QED) is 0.661. The molecular formula is C12H16ClN3O2. The van der Waals surface area contributed by atoms with Crippen LogP contribution in [0.15, 0.2) is 18.2 Å². The second kappa shape index (κ2) is 5.12. The van der Waals surface area contributed by atoms with Crippen molar-refractivity contribution in [1.29, 1.82) is 0 Å². The summed E-state index contributed by atoms with van der Waals surface area (Å²) in [5.74, 6) is 0.500. The number of nitrogens with zero attached hydrogens (tertiary/aromatic N) is 2. The fourth-order valence-corrected chi connectivity index (χ4v) is 2.76. The number of hydrogen-bond donors (Lipinski definition) is 1. The van der Waals surface area contributed by atoms with E-state index in [0.29, 0.717) is 10.9 Å². The number of halogens is 1. The molecule has 18 heavy (non-hydrogen) atoms. The number of piperidine rings is 1. The molecule has 1 aromatic rings. The van der Waals surface area contributed by atoms with Crippen LogP contribution in [0.3, 0.4) is 0 Å². The Balaban J connectivity index is 2.25. The van der Waals surface area contributed by atoms with Crippen LogP contribution in [0.1, 0.15) is 13.3 Å². The molecule has 0 saturated carbocycles. The summed E-state index contributed by atoms with van der Waals surface area (Å²) in [6.07, 6.45) is 1.00. The van der Waals surface area contributed by atoms with E-state index in [2.05, 4.69) is 11.8 Å². The van der Waals surface area contributed by atoms with Gasteiger partial charge in [0.15, 0.2) is 0 Å². The van der Waals surface area contributed by atoms with Crippen LogP contribution in [0.25, 0.3) is 0 Å². The van der Waals surface area contributed by atoms with Crippen LogP contribution < -0.4 is 10.6 Å². The van der Waals surface area contributed by atoms with Crippen molar-refractivity contribution in [2.45, 2.75) is 19.4 Å². The van der Waals surface area contributed by atoms with Gasteiger partial charge >= 0.3 is 0 Å². The second-order valence-electron chi connectivity index (χ2n) is 4.90. The van der Waals surface area contributed by atoms with Gasteiger partial charge in [-0.2, -0.15) is 0 Å². The topological polar surface area (TPSA) is 72.4 Å². The maximum atomic E-state index is 10.7. The summed E-state index contributed by atoms with van der Waals surface area (Å²) in [7, 11) is 0. The Morgan fingerprint density at radius 3 is 2.78 bits per heavy atom. The fraction of sp³-hybridized carbons (Fsp3) is 0.500. The Kier molecular flexibility index (Phi) is 3.73. The number of benzene rings is 1. The highest BCUT2D eigenvalue weighted by Crippen LogP contribution is 2.32. The minimum Gasteiger partial charge on any atom is -0.369 e. The molecule has 2 N–H and O–H groups in total. The summed E-state index contributed by atoms with van der Waals surface area (Å²) < 4.78 is 0. The molecule has 1 aliphatic heterocycles.